The molecule has 23 heavy (non-hydrogen) atoms. The molecule has 0 aliphatic carbocycles. The highest BCUT2D eigenvalue weighted by Gasteiger charge is 2.11. The van der Waals surface area contributed by atoms with Gasteiger partial charge in [0.1, 0.15) is 5.56 Å². The van der Waals surface area contributed by atoms with Crippen molar-refractivity contribution >= 4 is 46.9 Å². The average Bonchev–Trinajstić information content (AvgIpc) is 2.54. The Kier molecular flexibility index (Phi) is 5.82. The monoisotopic (exact) mass is 371 g/mol. The molecule has 1 aromatic carbocycles. The van der Waals surface area contributed by atoms with E-state index in [4.69, 9.17) is 34.8 Å². The Labute approximate surface area is 147 Å². The Balaban J connectivity index is 2.20. The molecule has 0 aliphatic rings. The molecule has 1 N–H and O–H groups in total. The molecule has 0 fully saturated rings. The van der Waals surface area contributed by atoms with Gasteiger partial charge in [0.2, 0.25) is 0 Å². The number of carbonyl (C=O) groups excluding carboxylic acids is 1. The van der Waals surface area contributed by atoms with Gasteiger partial charge in [0.05, 0.1) is 21.3 Å². The standard InChI is InChI=1S/C15H12Cl3N3O2/c1-2-21-7-3-4-9(15(21)23)14(22)20-19-8-10-11(16)5-6-12(17)13(10)18/h3-8H,2H2,1H3,(H,20,22)/b19-8-. The number of hydrogen-bond acceptors (Lipinski definition) is 3. The third-order valence-electron chi connectivity index (χ3n) is 3.04. The first-order chi connectivity index (χ1) is 11.0. The molecule has 1 amide bonds. The minimum atomic E-state index is -0.622. The first kappa shape index (κ1) is 17.5. The van der Waals surface area contributed by atoms with Crippen molar-refractivity contribution in [1.82, 2.24) is 9.99 Å². The molecule has 8 heteroatoms. The molecule has 0 bridgehead atoms. The van der Waals surface area contributed by atoms with Crippen molar-refractivity contribution in [3.63, 3.8) is 0 Å². The van der Waals surface area contributed by atoms with Gasteiger partial charge in [-0.2, -0.15) is 5.10 Å². The van der Waals surface area contributed by atoms with Gasteiger partial charge in [-0.05, 0) is 31.2 Å². The number of rotatable bonds is 4. The van der Waals surface area contributed by atoms with Crippen LogP contribution in [0.1, 0.15) is 22.8 Å². The topological polar surface area (TPSA) is 63.5 Å². The number of hydrazone groups is 1. The number of aryl methyl sites for hydroxylation is 1. The zero-order valence-corrected chi connectivity index (χ0v) is 14.3. The van der Waals surface area contributed by atoms with Crippen LogP contribution in [0.5, 0.6) is 0 Å². The lowest BCUT2D eigenvalue weighted by Crippen LogP contribution is -2.30. The Morgan fingerprint density at radius 2 is 1.96 bits per heavy atom. The number of nitrogens with one attached hydrogen (secondary N) is 1. The summed E-state index contributed by atoms with van der Waals surface area (Å²) in [5.74, 6) is -0.622. The third-order valence-corrected chi connectivity index (χ3v) is 4.19. The molecule has 0 unspecified atom stereocenters. The maximum Gasteiger partial charge on any atom is 0.276 e. The van der Waals surface area contributed by atoms with Crippen molar-refractivity contribution in [2.24, 2.45) is 5.10 Å². The van der Waals surface area contributed by atoms with Crippen molar-refractivity contribution in [2.45, 2.75) is 13.5 Å². The van der Waals surface area contributed by atoms with Gasteiger partial charge >= 0.3 is 0 Å². The molecule has 1 heterocycles. The maximum atomic E-state index is 12.0. The van der Waals surface area contributed by atoms with E-state index in [2.05, 4.69) is 10.5 Å². The van der Waals surface area contributed by atoms with Crippen molar-refractivity contribution in [3.05, 3.63) is 67.0 Å². The van der Waals surface area contributed by atoms with E-state index < -0.39 is 5.91 Å². The van der Waals surface area contributed by atoms with Crippen LogP contribution in [0, 0.1) is 0 Å². The molecule has 0 radical (unpaired) electrons. The second-order valence-corrected chi connectivity index (χ2v) is 5.66. The fourth-order valence-electron chi connectivity index (χ4n) is 1.84. The van der Waals surface area contributed by atoms with Crippen molar-refractivity contribution in [1.29, 1.82) is 0 Å². The number of aromatic nitrogens is 1. The molecular formula is C15H12Cl3N3O2. The summed E-state index contributed by atoms with van der Waals surface area (Å²) in [7, 11) is 0. The number of carbonyl (C=O) groups is 1. The Hall–Kier alpha value is -1.82. The van der Waals surface area contributed by atoms with Gasteiger partial charge in [-0.25, -0.2) is 5.43 Å². The van der Waals surface area contributed by atoms with E-state index in [1.54, 1.807) is 24.4 Å². The van der Waals surface area contributed by atoms with Crippen LogP contribution in [-0.2, 0) is 6.54 Å². The molecule has 0 saturated carbocycles. The highest BCUT2D eigenvalue weighted by molar-refractivity contribution is 6.45. The summed E-state index contributed by atoms with van der Waals surface area (Å²) >= 11 is 17.9. The first-order valence-electron chi connectivity index (χ1n) is 6.62. The van der Waals surface area contributed by atoms with Gasteiger partial charge in [-0.15, -0.1) is 0 Å². The van der Waals surface area contributed by atoms with E-state index in [1.807, 2.05) is 6.92 Å². The minimum absolute atomic E-state index is 0.00483. The van der Waals surface area contributed by atoms with Crippen molar-refractivity contribution in [3.8, 4) is 0 Å². The van der Waals surface area contributed by atoms with E-state index >= 15 is 0 Å². The normalized spacial score (nSPS) is 11.0. The van der Waals surface area contributed by atoms with Gasteiger partial charge in [0.15, 0.2) is 0 Å². The zero-order valence-electron chi connectivity index (χ0n) is 12.0. The Morgan fingerprint density at radius 3 is 2.65 bits per heavy atom. The second-order valence-electron chi connectivity index (χ2n) is 4.47. The summed E-state index contributed by atoms with van der Waals surface area (Å²) < 4.78 is 1.42. The molecule has 0 spiro atoms. The fourth-order valence-corrected chi connectivity index (χ4v) is 2.47. The molecular weight excluding hydrogens is 361 g/mol. The molecule has 0 atom stereocenters. The summed E-state index contributed by atoms with van der Waals surface area (Å²) in [6.45, 7) is 2.28. The molecule has 0 aliphatic heterocycles. The number of hydrogen-bond donors (Lipinski definition) is 1. The maximum absolute atomic E-state index is 12.0. The Morgan fingerprint density at radius 1 is 1.26 bits per heavy atom. The lowest BCUT2D eigenvalue weighted by molar-refractivity contribution is 0.0953. The van der Waals surface area contributed by atoms with Crippen LogP contribution >= 0.6 is 34.8 Å². The third kappa shape index (κ3) is 3.93. The van der Waals surface area contributed by atoms with E-state index in [9.17, 15) is 9.59 Å². The molecule has 120 valence electrons. The first-order valence-corrected chi connectivity index (χ1v) is 7.75. The quantitative estimate of drug-likeness (QED) is 0.506. The minimum Gasteiger partial charge on any atom is -0.315 e. The Bertz CT molecular complexity index is 831. The van der Waals surface area contributed by atoms with Crippen molar-refractivity contribution in [2.75, 3.05) is 0 Å². The van der Waals surface area contributed by atoms with Crippen LogP contribution in [0.3, 0.4) is 0 Å². The van der Waals surface area contributed by atoms with Crippen molar-refractivity contribution < 1.29 is 4.79 Å². The molecule has 5 nitrogen and oxygen atoms in total. The molecule has 0 saturated heterocycles. The lowest BCUT2D eigenvalue weighted by Gasteiger charge is -2.05. The lowest BCUT2D eigenvalue weighted by atomic mass is 10.2. The number of pyridine rings is 1. The summed E-state index contributed by atoms with van der Waals surface area (Å²) in [4.78, 5) is 24.0. The molecule has 2 rings (SSSR count). The number of halogens is 3. The largest absolute Gasteiger partial charge is 0.315 e. The van der Waals surface area contributed by atoms with Gasteiger partial charge < -0.3 is 4.57 Å². The second kappa shape index (κ2) is 7.64. The fraction of sp³-hybridized carbons (Fsp3) is 0.133. The van der Waals surface area contributed by atoms with Gasteiger partial charge in [0, 0.05) is 18.3 Å². The average molecular weight is 373 g/mol. The number of nitrogens with zero attached hydrogens (tertiary/aromatic N) is 2. The van der Waals surface area contributed by atoms with E-state index in [1.165, 1.54) is 16.8 Å². The SMILES string of the molecule is CCn1cccc(C(=O)N/N=C\c2c(Cl)ccc(Cl)c2Cl)c1=O. The van der Waals surface area contributed by atoms with Gasteiger partial charge in [-0.1, -0.05) is 34.8 Å². The van der Waals surface area contributed by atoms with Crippen LogP contribution < -0.4 is 11.0 Å². The van der Waals surface area contributed by atoms with Crippen LogP contribution in [-0.4, -0.2) is 16.7 Å². The zero-order chi connectivity index (χ0) is 17.0. The number of benzene rings is 1. The highest BCUT2D eigenvalue weighted by atomic mass is 35.5. The predicted molar refractivity (Wildman–Crippen MR) is 92.9 cm³/mol. The van der Waals surface area contributed by atoms with Crippen LogP contribution in [0.15, 0.2) is 40.4 Å². The molecule has 2 aromatic rings. The molecule has 1 aromatic heterocycles. The van der Waals surface area contributed by atoms with Gasteiger partial charge in [-0.3, -0.25) is 9.59 Å². The highest BCUT2D eigenvalue weighted by Crippen LogP contribution is 2.29. The van der Waals surface area contributed by atoms with Crippen LogP contribution in [0.4, 0.5) is 0 Å². The summed E-state index contributed by atoms with van der Waals surface area (Å²) in [5.41, 5.74) is 2.25. The van der Waals surface area contributed by atoms with Crippen LogP contribution in [0.2, 0.25) is 15.1 Å². The van der Waals surface area contributed by atoms with E-state index in [-0.39, 0.29) is 16.1 Å². The van der Waals surface area contributed by atoms with E-state index in [0.29, 0.717) is 22.2 Å². The summed E-state index contributed by atoms with van der Waals surface area (Å²) in [6, 6.07) is 6.17. The summed E-state index contributed by atoms with van der Waals surface area (Å²) in [6.07, 6.45) is 2.88. The van der Waals surface area contributed by atoms with E-state index in [0.717, 1.165) is 0 Å². The van der Waals surface area contributed by atoms with Crippen LogP contribution in [0.25, 0.3) is 0 Å². The summed E-state index contributed by atoms with van der Waals surface area (Å²) in [5, 5.41) is 4.66. The van der Waals surface area contributed by atoms with Gasteiger partial charge in [0.25, 0.3) is 11.5 Å². The smallest absolute Gasteiger partial charge is 0.276 e. The predicted octanol–water partition coefficient (Wildman–Crippen LogP) is 3.59. The number of amides is 1.